The first-order valence-electron chi connectivity index (χ1n) is 7.45. The first kappa shape index (κ1) is 15.3. The Labute approximate surface area is 125 Å². The van der Waals surface area contributed by atoms with Gasteiger partial charge in [-0.1, -0.05) is 29.8 Å². The van der Waals surface area contributed by atoms with E-state index in [2.05, 4.69) is 5.32 Å². The molecule has 0 atom stereocenters. The summed E-state index contributed by atoms with van der Waals surface area (Å²) in [4.78, 5) is 25.3. The third-order valence-corrected chi connectivity index (χ3v) is 3.60. The van der Waals surface area contributed by atoms with E-state index in [0.29, 0.717) is 13.0 Å². The second kappa shape index (κ2) is 7.62. The van der Waals surface area contributed by atoms with Crippen molar-refractivity contribution in [1.82, 2.24) is 10.2 Å². The Balaban J connectivity index is 1.69. The second-order valence-electron chi connectivity index (χ2n) is 5.37. The number of rotatable bonds is 5. The van der Waals surface area contributed by atoms with Crippen molar-refractivity contribution < 1.29 is 9.59 Å². The van der Waals surface area contributed by atoms with Crippen molar-refractivity contribution in [3.05, 3.63) is 41.5 Å². The van der Waals surface area contributed by atoms with Crippen LogP contribution < -0.4 is 5.32 Å². The van der Waals surface area contributed by atoms with Crippen LogP contribution in [-0.2, 0) is 9.59 Å². The Morgan fingerprint density at radius 2 is 1.86 bits per heavy atom. The van der Waals surface area contributed by atoms with Gasteiger partial charge in [-0.2, -0.15) is 0 Å². The monoisotopic (exact) mass is 286 g/mol. The van der Waals surface area contributed by atoms with E-state index in [-0.39, 0.29) is 11.8 Å². The van der Waals surface area contributed by atoms with E-state index in [1.807, 2.05) is 36.1 Å². The number of nitrogens with one attached hydrogen (secondary N) is 1. The number of benzene rings is 1. The Kier molecular flexibility index (Phi) is 5.55. The lowest BCUT2D eigenvalue weighted by molar-refractivity contribution is -0.130. The Bertz CT molecular complexity index is 514. The van der Waals surface area contributed by atoms with Gasteiger partial charge in [0.25, 0.3) is 0 Å². The zero-order valence-electron chi connectivity index (χ0n) is 12.5. The van der Waals surface area contributed by atoms with Gasteiger partial charge in [-0.15, -0.1) is 0 Å². The van der Waals surface area contributed by atoms with Crippen LogP contribution in [0.2, 0.25) is 0 Å². The van der Waals surface area contributed by atoms with Gasteiger partial charge < -0.3 is 10.2 Å². The fourth-order valence-corrected chi connectivity index (χ4v) is 2.33. The molecule has 1 aromatic rings. The summed E-state index contributed by atoms with van der Waals surface area (Å²) in [6.07, 6.45) is 5.85. The lowest BCUT2D eigenvalue weighted by Crippen LogP contribution is -2.32. The fourth-order valence-electron chi connectivity index (χ4n) is 2.33. The van der Waals surface area contributed by atoms with E-state index in [1.54, 1.807) is 6.08 Å². The summed E-state index contributed by atoms with van der Waals surface area (Å²) < 4.78 is 0. The van der Waals surface area contributed by atoms with Crippen LogP contribution in [0.1, 0.15) is 30.4 Å². The standard InChI is InChI=1S/C17H22N2O2/c1-14-4-6-15(7-5-14)8-9-16(20)18-11-10-17(21)19-12-2-3-13-19/h4-9H,2-3,10-13H2,1H3,(H,18,20)/b9-8+. The molecule has 1 N–H and O–H groups in total. The molecule has 2 amide bonds. The van der Waals surface area contributed by atoms with Gasteiger partial charge in [0.1, 0.15) is 0 Å². The highest BCUT2D eigenvalue weighted by atomic mass is 16.2. The summed E-state index contributed by atoms with van der Waals surface area (Å²) in [6, 6.07) is 7.95. The molecular formula is C17H22N2O2. The first-order valence-corrected chi connectivity index (χ1v) is 7.45. The highest BCUT2D eigenvalue weighted by Crippen LogP contribution is 2.08. The van der Waals surface area contributed by atoms with Crippen LogP contribution in [0, 0.1) is 6.92 Å². The quantitative estimate of drug-likeness (QED) is 0.843. The lowest BCUT2D eigenvalue weighted by atomic mass is 10.1. The normalized spacial score (nSPS) is 14.6. The average molecular weight is 286 g/mol. The Hall–Kier alpha value is -2.10. The summed E-state index contributed by atoms with van der Waals surface area (Å²) in [5, 5.41) is 2.75. The molecule has 1 aliphatic heterocycles. The van der Waals surface area contributed by atoms with Gasteiger partial charge in [0, 0.05) is 32.1 Å². The van der Waals surface area contributed by atoms with Crippen LogP contribution in [0.3, 0.4) is 0 Å². The predicted octanol–water partition coefficient (Wildman–Crippen LogP) is 2.14. The smallest absolute Gasteiger partial charge is 0.244 e. The zero-order chi connectivity index (χ0) is 15.1. The fraction of sp³-hybridized carbons (Fsp3) is 0.412. The summed E-state index contributed by atoms with van der Waals surface area (Å²) in [5.41, 5.74) is 2.18. The predicted molar refractivity (Wildman–Crippen MR) is 83.7 cm³/mol. The number of carbonyl (C=O) groups is 2. The molecule has 0 unspecified atom stereocenters. The highest BCUT2D eigenvalue weighted by Gasteiger charge is 2.17. The van der Waals surface area contributed by atoms with Crippen molar-refractivity contribution >= 4 is 17.9 Å². The minimum atomic E-state index is -0.162. The van der Waals surface area contributed by atoms with Gasteiger partial charge in [-0.25, -0.2) is 0 Å². The van der Waals surface area contributed by atoms with E-state index < -0.39 is 0 Å². The molecule has 4 heteroatoms. The third kappa shape index (κ3) is 5.06. The van der Waals surface area contributed by atoms with E-state index in [4.69, 9.17) is 0 Å². The Morgan fingerprint density at radius 1 is 1.19 bits per heavy atom. The molecule has 0 radical (unpaired) electrons. The summed E-state index contributed by atoms with van der Waals surface area (Å²) >= 11 is 0. The van der Waals surface area contributed by atoms with Crippen LogP contribution in [0.4, 0.5) is 0 Å². The van der Waals surface area contributed by atoms with Crippen molar-refractivity contribution in [3.8, 4) is 0 Å². The van der Waals surface area contributed by atoms with Crippen molar-refractivity contribution in [2.24, 2.45) is 0 Å². The second-order valence-corrected chi connectivity index (χ2v) is 5.37. The SMILES string of the molecule is Cc1ccc(/C=C/C(=O)NCCC(=O)N2CCCC2)cc1. The maximum absolute atomic E-state index is 11.8. The van der Waals surface area contributed by atoms with Crippen LogP contribution in [0.15, 0.2) is 30.3 Å². The van der Waals surface area contributed by atoms with Gasteiger partial charge in [0.2, 0.25) is 11.8 Å². The van der Waals surface area contributed by atoms with Gasteiger partial charge in [-0.3, -0.25) is 9.59 Å². The molecule has 112 valence electrons. The van der Waals surface area contributed by atoms with Gasteiger partial charge in [0.15, 0.2) is 0 Å². The largest absolute Gasteiger partial charge is 0.352 e. The molecule has 1 aliphatic rings. The molecule has 1 aromatic carbocycles. The molecule has 1 heterocycles. The van der Waals surface area contributed by atoms with Crippen molar-refractivity contribution in [1.29, 1.82) is 0 Å². The van der Waals surface area contributed by atoms with E-state index in [9.17, 15) is 9.59 Å². The summed E-state index contributed by atoms with van der Waals surface area (Å²) in [6.45, 7) is 4.14. The summed E-state index contributed by atoms with van der Waals surface area (Å²) in [5.74, 6) is -0.0277. The molecule has 0 spiro atoms. The molecular weight excluding hydrogens is 264 g/mol. The highest BCUT2D eigenvalue weighted by molar-refractivity contribution is 5.92. The molecule has 2 rings (SSSR count). The maximum Gasteiger partial charge on any atom is 0.244 e. The number of nitrogens with zero attached hydrogens (tertiary/aromatic N) is 1. The number of hydrogen-bond donors (Lipinski definition) is 1. The molecule has 0 aliphatic carbocycles. The molecule has 0 saturated carbocycles. The van der Waals surface area contributed by atoms with Crippen LogP contribution in [0.5, 0.6) is 0 Å². The van der Waals surface area contributed by atoms with Crippen molar-refractivity contribution in [2.45, 2.75) is 26.2 Å². The van der Waals surface area contributed by atoms with E-state index in [0.717, 1.165) is 31.5 Å². The minimum absolute atomic E-state index is 0.135. The first-order chi connectivity index (χ1) is 10.1. The topological polar surface area (TPSA) is 49.4 Å². The van der Waals surface area contributed by atoms with Crippen LogP contribution >= 0.6 is 0 Å². The average Bonchev–Trinajstić information content (AvgIpc) is 3.01. The number of carbonyl (C=O) groups excluding carboxylic acids is 2. The molecule has 0 aromatic heterocycles. The minimum Gasteiger partial charge on any atom is -0.352 e. The number of aryl methyl sites for hydroxylation is 1. The molecule has 1 saturated heterocycles. The molecule has 1 fully saturated rings. The molecule has 4 nitrogen and oxygen atoms in total. The lowest BCUT2D eigenvalue weighted by Gasteiger charge is -2.14. The van der Waals surface area contributed by atoms with Crippen LogP contribution in [-0.4, -0.2) is 36.3 Å². The van der Waals surface area contributed by atoms with E-state index in [1.165, 1.54) is 11.6 Å². The Morgan fingerprint density at radius 3 is 2.52 bits per heavy atom. The van der Waals surface area contributed by atoms with E-state index >= 15 is 0 Å². The summed E-state index contributed by atoms with van der Waals surface area (Å²) in [7, 11) is 0. The number of hydrogen-bond acceptors (Lipinski definition) is 2. The van der Waals surface area contributed by atoms with Gasteiger partial charge in [-0.05, 0) is 31.4 Å². The van der Waals surface area contributed by atoms with Crippen molar-refractivity contribution in [2.75, 3.05) is 19.6 Å². The zero-order valence-corrected chi connectivity index (χ0v) is 12.5. The number of amides is 2. The van der Waals surface area contributed by atoms with Crippen LogP contribution in [0.25, 0.3) is 6.08 Å². The number of likely N-dealkylation sites (tertiary alicyclic amines) is 1. The third-order valence-electron chi connectivity index (χ3n) is 3.60. The van der Waals surface area contributed by atoms with Gasteiger partial charge >= 0.3 is 0 Å². The van der Waals surface area contributed by atoms with Crippen molar-refractivity contribution in [3.63, 3.8) is 0 Å². The molecule has 21 heavy (non-hydrogen) atoms. The molecule has 0 bridgehead atoms. The maximum atomic E-state index is 11.8. The van der Waals surface area contributed by atoms with Gasteiger partial charge in [0.05, 0.1) is 0 Å².